The third kappa shape index (κ3) is 2.47. The fourth-order valence-corrected chi connectivity index (χ4v) is 2.63. The van der Waals surface area contributed by atoms with Gasteiger partial charge in [-0.3, -0.25) is 4.79 Å². The van der Waals surface area contributed by atoms with Gasteiger partial charge in [-0.25, -0.2) is 4.98 Å². The number of hydrogen-bond acceptors (Lipinski definition) is 3. The normalized spacial score (nSPS) is 19.7. The zero-order valence-electron chi connectivity index (χ0n) is 11.3. The van der Waals surface area contributed by atoms with Crippen LogP contribution in [0.5, 0.6) is 5.88 Å². The summed E-state index contributed by atoms with van der Waals surface area (Å²) in [4.78, 5) is 17.9. The van der Waals surface area contributed by atoms with Gasteiger partial charge in [-0.15, -0.1) is 0 Å². The highest BCUT2D eigenvalue weighted by molar-refractivity contribution is 5.74. The molecule has 1 fully saturated rings. The molecule has 98 valence electrons. The Balaban J connectivity index is 2.28. The zero-order valence-corrected chi connectivity index (χ0v) is 11.3. The van der Waals surface area contributed by atoms with Gasteiger partial charge in [0.2, 0.25) is 11.8 Å². The Labute approximate surface area is 108 Å². The van der Waals surface area contributed by atoms with Crippen LogP contribution in [0, 0.1) is 6.92 Å². The molecule has 1 aromatic rings. The first-order valence-electron chi connectivity index (χ1n) is 6.41. The van der Waals surface area contributed by atoms with Crippen molar-refractivity contribution in [2.75, 3.05) is 13.7 Å². The van der Waals surface area contributed by atoms with Crippen molar-refractivity contribution >= 4 is 5.91 Å². The summed E-state index contributed by atoms with van der Waals surface area (Å²) in [5.41, 5.74) is 2.13. The molecule has 18 heavy (non-hydrogen) atoms. The summed E-state index contributed by atoms with van der Waals surface area (Å²) in [6.07, 6.45) is 5.11. The van der Waals surface area contributed by atoms with E-state index in [0.717, 1.165) is 30.5 Å². The Hall–Kier alpha value is -1.58. The zero-order chi connectivity index (χ0) is 13.1. The van der Waals surface area contributed by atoms with Crippen molar-refractivity contribution in [2.45, 2.75) is 39.2 Å². The summed E-state index contributed by atoms with van der Waals surface area (Å²) in [6, 6.07) is 2.26. The van der Waals surface area contributed by atoms with Gasteiger partial charge in [0.1, 0.15) is 0 Å². The van der Waals surface area contributed by atoms with Crippen LogP contribution in [0.3, 0.4) is 0 Å². The molecule has 0 unspecified atom stereocenters. The maximum atomic E-state index is 11.7. The Morgan fingerprint density at radius 1 is 1.50 bits per heavy atom. The number of methoxy groups -OCH3 is 1. The van der Waals surface area contributed by atoms with Gasteiger partial charge in [0, 0.05) is 25.2 Å². The third-order valence-corrected chi connectivity index (χ3v) is 3.54. The average Bonchev–Trinajstić information content (AvgIpc) is 2.38. The molecule has 0 spiro atoms. The molecule has 0 aromatic carbocycles. The van der Waals surface area contributed by atoms with E-state index in [1.165, 1.54) is 6.42 Å². The molecule has 1 aliphatic heterocycles. The van der Waals surface area contributed by atoms with Crippen LogP contribution in [0.1, 0.15) is 43.4 Å². The van der Waals surface area contributed by atoms with E-state index < -0.39 is 0 Å². The highest BCUT2D eigenvalue weighted by Crippen LogP contribution is 2.32. The van der Waals surface area contributed by atoms with Crippen molar-refractivity contribution < 1.29 is 9.53 Å². The molecule has 1 atom stereocenters. The molecule has 1 saturated heterocycles. The lowest BCUT2D eigenvalue weighted by atomic mass is 9.95. The van der Waals surface area contributed by atoms with E-state index >= 15 is 0 Å². The number of aryl methyl sites for hydroxylation is 1. The number of nitrogens with zero attached hydrogens (tertiary/aromatic N) is 2. The maximum Gasteiger partial charge on any atom is 0.219 e. The van der Waals surface area contributed by atoms with Crippen LogP contribution in [-0.2, 0) is 4.79 Å². The van der Waals surface area contributed by atoms with Crippen molar-refractivity contribution in [2.24, 2.45) is 0 Å². The summed E-state index contributed by atoms with van der Waals surface area (Å²) in [5.74, 6) is 0.803. The summed E-state index contributed by atoms with van der Waals surface area (Å²) < 4.78 is 5.17. The van der Waals surface area contributed by atoms with E-state index in [0.29, 0.717) is 5.88 Å². The monoisotopic (exact) mass is 248 g/mol. The van der Waals surface area contributed by atoms with E-state index in [1.807, 2.05) is 18.0 Å². The molecule has 4 heteroatoms. The van der Waals surface area contributed by atoms with E-state index in [-0.39, 0.29) is 11.9 Å². The quantitative estimate of drug-likeness (QED) is 0.807. The number of amides is 1. The van der Waals surface area contributed by atoms with Gasteiger partial charge in [-0.05, 0) is 37.8 Å². The summed E-state index contributed by atoms with van der Waals surface area (Å²) in [7, 11) is 1.62. The van der Waals surface area contributed by atoms with Crippen molar-refractivity contribution in [1.29, 1.82) is 0 Å². The number of ether oxygens (including phenoxy) is 1. The smallest absolute Gasteiger partial charge is 0.219 e. The van der Waals surface area contributed by atoms with Crippen molar-refractivity contribution in [3.63, 3.8) is 0 Å². The fourth-order valence-electron chi connectivity index (χ4n) is 2.63. The lowest BCUT2D eigenvalue weighted by Gasteiger charge is -2.35. The Kier molecular flexibility index (Phi) is 3.84. The Morgan fingerprint density at radius 2 is 2.28 bits per heavy atom. The molecule has 2 heterocycles. The first kappa shape index (κ1) is 12.9. The van der Waals surface area contributed by atoms with Gasteiger partial charge in [0.15, 0.2) is 0 Å². The molecule has 1 aliphatic rings. The van der Waals surface area contributed by atoms with Crippen molar-refractivity contribution in [3.8, 4) is 5.88 Å². The second-order valence-electron chi connectivity index (χ2n) is 4.82. The molecular weight excluding hydrogens is 228 g/mol. The summed E-state index contributed by atoms with van der Waals surface area (Å²) in [5, 5.41) is 0. The lowest BCUT2D eigenvalue weighted by molar-refractivity contribution is -0.132. The number of piperidine rings is 1. The minimum atomic E-state index is 0.146. The van der Waals surface area contributed by atoms with Gasteiger partial charge in [0.05, 0.1) is 13.2 Å². The van der Waals surface area contributed by atoms with Crippen molar-refractivity contribution in [3.05, 3.63) is 23.4 Å². The second kappa shape index (κ2) is 5.38. The highest BCUT2D eigenvalue weighted by Gasteiger charge is 2.26. The SMILES string of the molecule is COc1ncc([C@H]2CCCCN2C(C)=O)cc1C. The summed E-state index contributed by atoms with van der Waals surface area (Å²) in [6.45, 7) is 4.48. The molecule has 0 saturated carbocycles. The first-order chi connectivity index (χ1) is 8.63. The van der Waals surface area contributed by atoms with Gasteiger partial charge in [0.25, 0.3) is 0 Å². The summed E-state index contributed by atoms with van der Waals surface area (Å²) >= 11 is 0. The fraction of sp³-hybridized carbons (Fsp3) is 0.571. The van der Waals surface area contributed by atoms with Crippen molar-refractivity contribution in [1.82, 2.24) is 9.88 Å². The number of rotatable bonds is 2. The number of likely N-dealkylation sites (tertiary alicyclic amines) is 1. The molecule has 0 aliphatic carbocycles. The van der Waals surface area contributed by atoms with Gasteiger partial charge < -0.3 is 9.64 Å². The number of pyridine rings is 1. The van der Waals surface area contributed by atoms with Crippen LogP contribution >= 0.6 is 0 Å². The molecule has 0 N–H and O–H groups in total. The molecule has 1 aromatic heterocycles. The predicted octanol–water partition coefficient (Wildman–Crippen LogP) is 2.47. The van der Waals surface area contributed by atoms with Crippen LogP contribution in [0.15, 0.2) is 12.3 Å². The lowest BCUT2D eigenvalue weighted by Crippen LogP contribution is -2.37. The van der Waals surface area contributed by atoms with E-state index in [4.69, 9.17) is 4.74 Å². The Morgan fingerprint density at radius 3 is 2.89 bits per heavy atom. The Bertz CT molecular complexity index is 445. The van der Waals surface area contributed by atoms with Crippen LogP contribution < -0.4 is 4.74 Å². The number of carbonyl (C=O) groups is 1. The minimum absolute atomic E-state index is 0.146. The molecule has 4 nitrogen and oxygen atoms in total. The van der Waals surface area contributed by atoms with Crippen LogP contribution in [0.4, 0.5) is 0 Å². The average molecular weight is 248 g/mol. The number of hydrogen-bond donors (Lipinski definition) is 0. The third-order valence-electron chi connectivity index (χ3n) is 3.54. The van der Waals surface area contributed by atoms with E-state index in [2.05, 4.69) is 11.1 Å². The standard InChI is InChI=1S/C14H20N2O2/c1-10-8-12(9-15-14(10)18-3)13-6-4-5-7-16(13)11(2)17/h8-9,13H,4-7H2,1-3H3/t13-/m1/s1. The molecule has 1 amide bonds. The molecular formula is C14H20N2O2. The first-order valence-corrected chi connectivity index (χ1v) is 6.41. The maximum absolute atomic E-state index is 11.7. The second-order valence-corrected chi connectivity index (χ2v) is 4.82. The van der Waals surface area contributed by atoms with E-state index in [9.17, 15) is 4.79 Å². The molecule has 0 bridgehead atoms. The van der Waals surface area contributed by atoms with Gasteiger partial charge >= 0.3 is 0 Å². The van der Waals surface area contributed by atoms with E-state index in [1.54, 1.807) is 14.0 Å². The van der Waals surface area contributed by atoms with Gasteiger partial charge in [-0.1, -0.05) is 0 Å². The van der Waals surface area contributed by atoms with Crippen LogP contribution in [0.2, 0.25) is 0 Å². The minimum Gasteiger partial charge on any atom is -0.481 e. The molecule has 2 rings (SSSR count). The largest absolute Gasteiger partial charge is 0.481 e. The highest BCUT2D eigenvalue weighted by atomic mass is 16.5. The number of aromatic nitrogens is 1. The number of carbonyl (C=O) groups excluding carboxylic acids is 1. The molecule has 0 radical (unpaired) electrons. The van der Waals surface area contributed by atoms with Crippen LogP contribution in [-0.4, -0.2) is 29.4 Å². The topological polar surface area (TPSA) is 42.4 Å². The predicted molar refractivity (Wildman–Crippen MR) is 69.5 cm³/mol. The van der Waals surface area contributed by atoms with Crippen LogP contribution in [0.25, 0.3) is 0 Å². The van der Waals surface area contributed by atoms with Gasteiger partial charge in [-0.2, -0.15) is 0 Å².